The number of fused-ring (bicyclic) bond motifs is 1. The van der Waals surface area contributed by atoms with Gasteiger partial charge in [0.05, 0.1) is 0 Å². The summed E-state index contributed by atoms with van der Waals surface area (Å²) in [6, 6.07) is 6.00. The second kappa shape index (κ2) is 6.68. The van der Waals surface area contributed by atoms with Gasteiger partial charge in [0.1, 0.15) is 5.82 Å². The van der Waals surface area contributed by atoms with Crippen molar-refractivity contribution in [3.8, 4) is 11.5 Å². The van der Waals surface area contributed by atoms with E-state index in [2.05, 4.69) is 21.9 Å². The van der Waals surface area contributed by atoms with Gasteiger partial charge in [-0.05, 0) is 30.5 Å². The molecule has 2 heterocycles. The van der Waals surface area contributed by atoms with Crippen LogP contribution in [0.25, 0.3) is 0 Å². The predicted octanol–water partition coefficient (Wildman–Crippen LogP) is 1.81. The van der Waals surface area contributed by atoms with Crippen LogP contribution >= 0.6 is 0 Å². The lowest BCUT2D eigenvalue weighted by atomic mass is 10.1. The Morgan fingerprint density at radius 2 is 1.96 bits per heavy atom. The van der Waals surface area contributed by atoms with Crippen LogP contribution < -0.4 is 20.1 Å². The van der Waals surface area contributed by atoms with Crippen molar-refractivity contribution in [2.45, 2.75) is 26.2 Å². The summed E-state index contributed by atoms with van der Waals surface area (Å²) in [4.78, 5) is 14.8. The van der Waals surface area contributed by atoms with Crippen molar-refractivity contribution in [1.29, 1.82) is 0 Å². The van der Waals surface area contributed by atoms with Crippen LogP contribution in [0.1, 0.15) is 24.7 Å². The zero-order chi connectivity index (χ0) is 16.2. The molecule has 0 saturated carbocycles. The zero-order valence-corrected chi connectivity index (χ0v) is 13.5. The molecule has 7 nitrogen and oxygen atoms in total. The first kappa shape index (κ1) is 15.3. The van der Waals surface area contributed by atoms with Gasteiger partial charge in [-0.3, -0.25) is 0 Å². The highest BCUT2D eigenvalue weighted by Gasteiger charge is 2.14. The quantitative estimate of drug-likeness (QED) is 0.870. The average molecular weight is 315 g/mol. The summed E-state index contributed by atoms with van der Waals surface area (Å²) < 4.78 is 10.7. The lowest BCUT2D eigenvalue weighted by Gasteiger charge is -2.17. The number of nitrogens with zero attached hydrogens (tertiary/aromatic N) is 4. The molecule has 23 heavy (non-hydrogen) atoms. The fourth-order valence-electron chi connectivity index (χ4n) is 2.42. The number of hydrogen-bond donors (Lipinski definition) is 1. The second-order valence-corrected chi connectivity index (χ2v) is 5.52. The first-order chi connectivity index (χ1) is 11.2. The van der Waals surface area contributed by atoms with Crippen molar-refractivity contribution in [2.75, 3.05) is 31.0 Å². The molecule has 122 valence electrons. The van der Waals surface area contributed by atoms with Gasteiger partial charge in [-0.25, -0.2) is 0 Å². The topological polar surface area (TPSA) is 86.4 Å². The van der Waals surface area contributed by atoms with Gasteiger partial charge in [0.2, 0.25) is 18.7 Å². The summed E-state index contributed by atoms with van der Waals surface area (Å²) >= 11 is 0. The fraction of sp³-hybridized carbons (Fsp3) is 0.438. The Kier molecular flexibility index (Phi) is 4.45. The van der Waals surface area contributed by atoms with Crippen molar-refractivity contribution in [2.24, 2.45) is 0 Å². The number of anilines is 2. The van der Waals surface area contributed by atoms with E-state index in [1.165, 1.54) is 5.56 Å². The molecule has 7 heteroatoms. The standard InChI is InChI=1S/C16H21N5O2/c1-3-4-14-18-15(17)20-16(19-14)21(2)8-7-11-5-6-12-13(9-11)23-10-22-12/h5-6,9H,3-4,7-8,10H2,1-2H3,(H2,17,18,19,20). The normalized spacial score (nSPS) is 12.4. The molecule has 0 fully saturated rings. The Morgan fingerprint density at radius 3 is 2.78 bits per heavy atom. The van der Waals surface area contributed by atoms with Gasteiger partial charge < -0.3 is 20.1 Å². The number of likely N-dealkylation sites (N-methyl/N-ethyl adjacent to an activating group) is 1. The van der Waals surface area contributed by atoms with Crippen LogP contribution in [0.15, 0.2) is 18.2 Å². The number of hydrogen-bond acceptors (Lipinski definition) is 7. The Hall–Kier alpha value is -2.57. The molecule has 0 saturated heterocycles. The molecular weight excluding hydrogens is 294 g/mol. The predicted molar refractivity (Wildman–Crippen MR) is 87.8 cm³/mol. The van der Waals surface area contributed by atoms with E-state index in [4.69, 9.17) is 15.2 Å². The zero-order valence-electron chi connectivity index (χ0n) is 13.5. The number of benzene rings is 1. The molecular formula is C16H21N5O2. The first-order valence-electron chi connectivity index (χ1n) is 7.76. The van der Waals surface area contributed by atoms with E-state index in [1.807, 2.05) is 30.1 Å². The van der Waals surface area contributed by atoms with Crippen molar-refractivity contribution in [3.63, 3.8) is 0 Å². The third-order valence-electron chi connectivity index (χ3n) is 3.68. The number of rotatable bonds is 6. The minimum atomic E-state index is 0.272. The van der Waals surface area contributed by atoms with Gasteiger partial charge in [-0.2, -0.15) is 15.0 Å². The van der Waals surface area contributed by atoms with E-state index in [9.17, 15) is 0 Å². The fourth-order valence-corrected chi connectivity index (χ4v) is 2.42. The summed E-state index contributed by atoms with van der Waals surface area (Å²) in [5.74, 6) is 3.23. The summed E-state index contributed by atoms with van der Waals surface area (Å²) in [6.45, 7) is 3.15. The molecule has 0 spiro atoms. The number of aromatic nitrogens is 3. The number of nitrogens with two attached hydrogens (primary N) is 1. The van der Waals surface area contributed by atoms with Crippen molar-refractivity contribution < 1.29 is 9.47 Å². The molecule has 1 aliphatic heterocycles. The van der Waals surface area contributed by atoms with Crippen LogP contribution in [-0.4, -0.2) is 35.3 Å². The number of aryl methyl sites for hydroxylation is 1. The van der Waals surface area contributed by atoms with Gasteiger partial charge in [0.25, 0.3) is 0 Å². The molecule has 1 aliphatic rings. The molecule has 0 bridgehead atoms. The molecule has 1 aromatic heterocycles. The minimum Gasteiger partial charge on any atom is -0.454 e. The highest BCUT2D eigenvalue weighted by Crippen LogP contribution is 2.32. The Balaban J connectivity index is 1.66. The molecule has 0 unspecified atom stereocenters. The van der Waals surface area contributed by atoms with E-state index in [0.29, 0.717) is 12.7 Å². The van der Waals surface area contributed by atoms with Crippen molar-refractivity contribution in [1.82, 2.24) is 15.0 Å². The Morgan fingerprint density at radius 1 is 1.13 bits per heavy atom. The molecule has 0 atom stereocenters. The maximum Gasteiger partial charge on any atom is 0.231 e. The maximum atomic E-state index is 5.78. The summed E-state index contributed by atoms with van der Waals surface area (Å²) in [6.07, 6.45) is 2.63. The van der Waals surface area contributed by atoms with Crippen LogP contribution in [0.5, 0.6) is 11.5 Å². The molecule has 2 N–H and O–H groups in total. The second-order valence-electron chi connectivity index (χ2n) is 5.52. The number of nitrogen functional groups attached to an aromatic ring is 1. The summed E-state index contributed by atoms with van der Waals surface area (Å²) in [7, 11) is 1.96. The van der Waals surface area contributed by atoms with Crippen molar-refractivity contribution in [3.05, 3.63) is 29.6 Å². The maximum absolute atomic E-state index is 5.78. The van der Waals surface area contributed by atoms with Crippen LogP contribution in [0.2, 0.25) is 0 Å². The van der Waals surface area contributed by atoms with Crippen LogP contribution in [0, 0.1) is 0 Å². The van der Waals surface area contributed by atoms with Crippen LogP contribution in [-0.2, 0) is 12.8 Å². The van der Waals surface area contributed by atoms with Gasteiger partial charge in [-0.1, -0.05) is 13.0 Å². The highest BCUT2D eigenvalue weighted by atomic mass is 16.7. The lowest BCUT2D eigenvalue weighted by molar-refractivity contribution is 0.174. The molecule has 0 radical (unpaired) electrons. The highest BCUT2D eigenvalue weighted by molar-refractivity contribution is 5.45. The summed E-state index contributed by atoms with van der Waals surface area (Å²) in [5, 5.41) is 0. The first-order valence-corrected chi connectivity index (χ1v) is 7.76. The summed E-state index contributed by atoms with van der Waals surface area (Å²) in [5.41, 5.74) is 6.95. The third-order valence-corrected chi connectivity index (χ3v) is 3.68. The minimum absolute atomic E-state index is 0.272. The van der Waals surface area contributed by atoms with Crippen LogP contribution in [0.3, 0.4) is 0 Å². The molecule has 2 aromatic rings. The van der Waals surface area contributed by atoms with Gasteiger partial charge in [-0.15, -0.1) is 0 Å². The van der Waals surface area contributed by atoms with Gasteiger partial charge in [0.15, 0.2) is 11.5 Å². The van der Waals surface area contributed by atoms with Crippen molar-refractivity contribution >= 4 is 11.9 Å². The van der Waals surface area contributed by atoms with Crippen LogP contribution in [0.4, 0.5) is 11.9 Å². The monoisotopic (exact) mass is 315 g/mol. The Labute approximate surface area is 135 Å². The average Bonchev–Trinajstić information content (AvgIpc) is 3.00. The SMILES string of the molecule is CCCc1nc(N)nc(N(C)CCc2ccc3c(c2)OCO3)n1. The third kappa shape index (κ3) is 3.61. The van der Waals surface area contributed by atoms with Gasteiger partial charge >= 0.3 is 0 Å². The number of ether oxygens (including phenoxy) is 2. The van der Waals surface area contributed by atoms with E-state index in [0.717, 1.165) is 43.1 Å². The van der Waals surface area contributed by atoms with Gasteiger partial charge in [0, 0.05) is 20.0 Å². The Bertz CT molecular complexity index is 692. The molecule has 0 amide bonds. The molecule has 1 aromatic carbocycles. The van der Waals surface area contributed by atoms with E-state index in [1.54, 1.807) is 0 Å². The molecule has 3 rings (SSSR count). The van der Waals surface area contributed by atoms with E-state index >= 15 is 0 Å². The largest absolute Gasteiger partial charge is 0.454 e. The van der Waals surface area contributed by atoms with E-state index < -0.39 is 0 Å². The van der Waals surface area contributed by atoms with E-state index in [-0.39, 0.29) is 5.95 Å². The smallest absolute Gasteiger partial charge is 0.231 e. The lowest BCUT2D eigenvalue weighted by Crippen LogP contribution is -2.24. The molecule has 0 aliphatic carbocycles.